The molecule has 0 saturated heterocycles. The van der Waals surface area contributed by atoms with Gasteiger partial charge in [0.05, 0.1) is 24.2 Å². The van der Waals surface area contributed by atoms with E-state index in [2.05, 4.69) is 47.3 Å². The number of nitrogens with zero attached hydrogens (tertiary/aromatic N) is 3. The zero-order valence-corrected chi connectivity index (χ0v) is 24.3. The highest BCUT2D eigenvalue weighted by Crippen LogP contribution is 2.34. The lowest BCUT2D eigenvalue weighted by Gasteiger charge is -2.14. The summed E-state index contributed by atoms with van der Waals surface area (Å²) in [5.41, 5.74) is 2.62. The number of amides is 1. The Morgan fingerprint density at radius 3 is 2.58 bits per heavy atom. The second-order valence-corrected chi connectivity index (χ2v) is 10.4. The summed E-state index contributed by atoms with van der Waals surface area (Å²) < 4.78 is 14.2. The fourth-order valence-corrected chi connectivity index (χ4v) is 4.60. The summed E-state index contributed by atoms with van der Waals surface area (Å²) in [6.07, 6.45) is 2.87. The van der Waals surface area contributed by atoms with E-state index in [0.717, 1.165) is 16.5 Å². The van der Waals surface area contributed by atoms with Crippen molar-refractivity contribution in [2.75, 3.05) is 19.0 Å². The van der Waals surface area contributed by atoms with Gasteiger partial charge >= 0.3 is 0 Å². The molecule has 0 radical (unpaired) electrons. The van der Waals surface area contributed by atoms with Crippen molar-refractivity contribution < 1.29 is 14.3 Å². The molecule has 0 aliphatic heterocycles. The van der Waals surface area contributed by atoms with Crippen molar-refractivity contribution in [3.05, 3.63) is 90.8 Å². The molecule has 0 bridgehead atoms. The van der Waals surface area contributed by atoms with E-state index in [-0.39, 0.29) is 18.1 Å². The number of hydrogen-bond acceptors (Lipinski definition) is 6. The lowest BCUT2D eigenvalue weighted by Crippen LogP contribution is -2.22. The molecule has 0 spiro atoms. The molecule has 4 rings (SSSR count). The van der Waals surface area contributed by atoms with Crippen LogP contribution in [0.1, 0.15) is 30.3 Å². The predicted molar refractivity (Wildman–Crippen MR) is 157 cm³/mol. The van der Waals surface area contributed by atoms with Crippen LogP contribution in [0.3, 0.4) is 0 Å². The molecule has 10 heteroatoms. The van der Waals surface area contributed by atoms with E-state index in [0.29, 0.717) is 50.4 Å². The molecule has 0 aliphatic rings. The van der Waals surface area contributed by atoms with Gasteiger partial charge in [0.2, 0.25) is 0 Å². The van der Waals surface area contributed by atoms with Crippen molar-refractivity contribution in [2.45, 2.75) is 26.7 Å². The molecule has 3 aromatic carbocycles. The SMILES string of the molecule is CCCc1nc2ccc(Br)cc2c(=O)n1N=Cc1cc(Br)cc(OC)c1OCC(=O)Nc1ccc(C)cc1. The molecule has 196 valence electrons. The molecular weight excluding hydrogens is 616 g/mol. The van der Waals surface area contributed by atoms with E-state index in [1.54, 1.807) is 24.3 Å². The number of carbonyl (C=O) groups is 1. The monoisotopic (exact) mass is 640 g/mol. The average molecular weight is 642 g/mol. The van der Waals surface area contributed by atoms with Gasteiger partial charge in [0.25, 0.3) is 11.5 Å². The maximum Gasteiger partial charge on any atom is 0.282 e. The largest absolute Gasteiger partial charge is 0.493 e. The molecule has 1 N–H and O–H groups in total. The van der Waals surface area contributed by atoms with Crippen molar-refractivity contribution in [3.63, 3.8) is 0 Å². The first-order chi connectivity index (χ1) is 18.3. The number of ether oxygens (including phenoxy) is 2. The summed E-state index contributed by atoms with van der Waals surface area (Å²) in [5, 5.41) is 7.76. The number of halogens is 2. The highest BCUT2D eigenvalue weighted by molar-refractivity contribution is 9.10. The standard InChI is InChI=1S/C28H26Br2N4O4/c1-4-5-25-33-23-11-8-19(29)13-22(23)28(36)34(25)31-15-18-12-20(30)14-24(37-3)27(18)38-16-26(35)32-21-9-6-17(2)7-10-21/h6-15H,4-5,16H2,1-3H3,(H,32,35). The van der Waals surface area contributed by atoms with Crippen LogP contribution in [0, 0.1) is 6.92 Å². The van der Waals surface area contributed by atoms with Gasteiger partial charge in [-0.05, 0) is 55.8 Å². The van der Waals surface area contributed by atoms with Crippen LogP contribution in [0.25, 0.3) is 10.9 Å². The van der Waals surface area contributed by atoms with Crippen molar-refractivity contribution in [3.8, 4) is 11.5 Å². The Bertz CT molecular complexity index is 1570. The molecule has 1 amide bonds. The van der Waals surface area contributed by atoms with Crippen LogP contribution in [-0.4, -0.2) is 35.5 Å². The topological polar surface area (TPSA) is 94.8 Å². The first-order valence-corrected chi connectivity index (χ1v) is 13.5. The molecule has 0 atom stereocenters. The Morgan fingerprint density at radius 2 is 1.87 bits per heavy atom. The third kappa shape index (κ3) is 6.49. The number of fused-ring (bicyclic) bond motifs is 1. The highest BCUT2D eigenvalue weighted by Gasteiger charge is 2.15. The van der Waals surface area contributed by atoms with Gasteiger partial charge < -0.3 is 14.8 Å². The van der Waals surface area contributed by atoms with Crippen LogP contribution in [-0.2, 0) is 11.2 Å². The predicted octanol–water partition coefficient (Wildman–Crippen LogP) is 6.09. The average Bonchev–Trinajstić information content (AvgIpc) is 2.89. The normalized spacial score (nSPS) is 11.2. The van der Waals surface area contributed by atoms with Gasteiger partial charge in [-0.3, -0.25) is 9.59 Å². The van der Waals surface area contributed by atoms with Gasteiger partial charge in [0, 0.05) is 26.6 Å². The first-order valence-electron chi connectivity index (χ1n) is 11.9. The second kappa shape index (κ2) is 12.4. The van der Waals surface area contributed by atoms with Crippen molar-refractivity contribution >= 4 is 60.6 Å². The van der Waals surface area contributed by atoms with Crippen molar-refractivity contribution in [2.24, 2.45) is 5.10 Å². The van der Waals surface area contributed by atoms with Crippen LogP contribution in [0.2, 0.25) is 0 Å². The van der Waals surface area contributed by atoms with E-state index in [9.17, 15) is 9.59 Å². The maximum absolute atomic E-state index is 13.4. The number of hydrogen-bond donors (Lipinski definition) is 1. The van der Waals surface area contributed by atoms with Gasteiger partial charge in [-0.15, -0.1) is 0 Å². The molecule has 1 aromatic heterocycles. The number of anilines is 1. The van der Waals surface area contributed by atoms with Crippen LogP contribution in [0.15, 0.2) is 73.4 Å². The number of nitrogens with one attached hydrogen (secondary N) is 1. The smallest absolute Gasteiger partial charge is 0.282 e. The number of aryl methyl sites for hydroxylation is 2. The molecule has 0 fully saturated rings. The molecule has 38 heavy (non-hydrogen) atoms. The van der Waals surface area contributed by atoms with E-state index < -0.39 is 0 Å². The minimum atomic E-state index is -0.326. The summed E-state index contributed by atoms with van der Waals surface area (Å²) in [7, 11) is 1.51. The Morgan fingerprint density at radius 1 is 1.11 bits per heavy atom. The lowest BCUT2D eigenvalue weighted by molar-refractivity contribution is -0.118. The zero-order chi connectivity index (χ0) is 27.2. The van der Waals surface area contributed by atoms with E-state index in [1.165, 1.54) is 18.0 Å². The van der Waals surface area contributed by atoms with Crippen LogP contribution < -0.4 is 20.3 Å². The fraction of sp³-hybridized carbons (Fsp3) is 0.214. The summed E-state index contributed by atoms with van der Waals surface area (Å²) in [6.45, 7) is 3.74. The summed E-state index contributed by atoms with van der Waals surface area (Å²) in [5.74, 6) is 0.948. The fourth-order valence-electron chi connectivity index (χ4n) is 3.78. The summed E-state index contributed by atoms with van der Waals surface area (Å²) >= 11 is 6.90. The Balaban J connectivity index is 1.67. The Hall–Kier alpha value is -3.50. The molecule has 8 nitrogen and oxygen atoms in total. The van der Waals surface area contributed by atoms with Crippen LogP contribution in [0.5, 0.6) is 11.5 Å². The van der Waals surface area contributed by atoms with E-state index in [4.69, 9.17) is 9.47 Å². The van der Waals surface area contributed by atoms with Crippen molar-refractivity contribution in [1.29, 1.82) is 0 Å². The molecule has 4 aromatic rings. The number of carbonyl (C=O) groups excluding carboxylic acids is 1. The molecule has 0 saturated carbocycles. The molecular formula is C28H26Br2N4O4. The Kier molecular flexibility index (Phi) is 8.96. The summed E-state index contributed by atoms with van der Waals surface area (Å²) in [6, 6.07) is 16.4. The zero-order valence-electron chi connectivity index (χ0n) is 21.1. The van der Waals surface area contributed by atoms with Gasteiger partial charge in [0.15, 0.2) is 18.1 Å². The van der Waals surface area contributed by atoms with Crippen LogP contribution >= 0.6 is 31.9 Å². The molecule has 1 heterocycles. The molecule has 0 aliphatic carbocycles. The molecule has 0 unspecified atom stereocenters. The van der Waals surface area contributed by atoms with Crippen molar-refractivity contribution in [1.82, 2.24) is 9.66 Å². The van der Waals surface area contributed by atoms with Gasteiger partial charge in [0.1, 0.15) is 5.82 Å². The second-order valence-electron chi connectivity index (χ2n) is 8.53. The van der Waals surface area contributed by atoms with Gasteiger partial charge in [-0.2, -0.15) is 9.78 Å². The minimum Gasteiger partial charge on any atom is -0.493 e. The number of aromatic nitrogens is 2. The highest BCUT2D eigenvalue weighted by atomic mass is 79.9. The Labute approximate surface area is 236 Å². The minimum absolute atomic E-state index is 0.251. The third-order valence-electron chi connectivity index (χ3n) is 5.61. The quantitative estimate of drug-likeness (QED) is 0.223. The number of rotatable bonds is 9. The van der Waals surface area contributed by atoms with Crippen LogP contribution in [0.4, 0.5) is 5.69 Å². The lowest BCUT2D eigenvalue weighted by atomic mass is 10.2. The summed E-state index contributed by atoms with van der Waals surface area (Å²) in [4.78, 5) is 30.6. The van der Waals surface area contributed by atoms with Gasteiger partial charge in [-0.1, -0.05) is 56.5 Å². The third-order valence-corrected chi connectivity index (χ3v) is 6.56. The van der Waals surface area contributed by atoms with Gasteiger partial charge in [-0.25, -0.2) is 4.98 Å². The number of methoxy groups -OCH3 is 1. The first kappa shape index (κ1) is 27.5. The maximum atomic E-state index is 13.4. The van der Waals surface area contributed by atoms with E-state index >= 15 is 0 Å². The number of benzene rings is 3. The van der Waals surface area contributed by atoms with E-state index in [1.807, 2.05) is 44.2 Å².